The second kappa shape index (κ2) is 10.1. The van der Waals surface area contributed by atoms with Gasteiger partial charge in [-0.25, -0.2) is 4.79 Å². The fourth-order valence-electron chi connectivity index (χ4n) is 4.10. The third-order valence-electron chi connectivity index (χ3n) is 6.12. The lowest BCUT2D eigenvalue weighted by Gasteiger charge is -2.36. The molecule has 33 heavy (non-hydrogen) atoms. The monoisotopic (exact) mass is 442 g/mol. The van der Waals surface area contributed by atoms with E-state index in [1.165, 1.54) is 16.8 Å². The van der Waals surface area contributed by atoms with Gasteiger partial charge < -0.3 is 15.5 Å². The van der Waals surface area contributed by atoms with Gasteiger partial charge in [-0.15, -0.1) is 0 Å². The minimum atomic E-state index is -0.233. The number of carbonyl (C=O) groups excluding carboxylic acids is 1. The van der Waals surface area contributed by atoms with Crippen LogP contribution in [0.4, 0.5) is 21.9 Å². The Labute approximate surface area is 197 Å². The maximum atomic E-state index is 12.4. The number of carbonyl (C=O) groups is 1. The van der Waals surface area contributed by atoms with Crippen molar-refractivity contribution in [1.82, 2.24) is 4.90 Å². The number of benzene rings is 3. The number of hydrogen-bond donors (Lipinski definition) is 2. The quantitative estimate of drug-likeness (QED) is 0.513. The van der Waals surface area contributed by atoms with E-state index >= 15 is 0 Å². The number of hydrogen-bond acceptors (Lipinski definition) is 3. The number of piperazine rings is 1. The Morgan fingerprint density at radius 3 is 1.85 bits per heavy atom. The fourth-order valence-corrected chi connectivity index (χ4v) is 4.10. The van der Waals surface area contributed by atoms with E-state index in [4.69, 9.17) is 0 Å². The molecule has 3 aromatic rings. The summed E-state index contributed by atoms with van der Waals surface area (Å²) in [5, 5.41) is 5.82. The molecule has 5 heteroatoms. The average molecular weight is 443 g/mol. The van der Waals surface area contributed by atoms with Crippen LogP contribution in [0.1, 0.15) is 31.9 Å². The molecule has 1 heterocycles. The Morgan fingerprint density at radius 1 is 0.758 bits per heavy atom. The van der Waals surface area contributed by atoms with Crippen molar-refractivity contribution in [2.45, 2.75) is 32.7 Å². The molecule has 0 unspecified atom stereocenters. The van der Waals surface area contributed by atoms with Crippen molar-refractivity contribution in [1.29, 1.82) is 0 Å². The van der Waals surface area contributed by atoms with Crippen LogP contribution in [0, 0.1) is 0 Å². The van der Waals surface area contributed by atoms with Crippen LogP contribution in [-0.4, -0.2) is 37.1 Å². The molecule has 0 aliphatic carbocycles. The van der Waals surface area contributed by atoms with Crippen LogP contribution in [0.25, 0.3) is 0 Å². The number of amides is 2. The first-order chi connectivity index (χ1) is 15.9. The van der Waals surface area contributed by atoms with Crippen molar-refractivity contribution >= 4 is 23.1 Å². The highest BCUT2D eigenvalue weighted by Gasteiger charge is 2.17. The van der Waals surface area contributed by atoms with E-state index in [1.54, 1.807) is 0 Å². The predicted molar refractivity (Wildman–Crippen MR) is 138 cm³/mol. The van der Waals surface area contributed by atoms with Gasteiger partial charge in [0.25, 0.3) is 0 Å². The smallest absolute Gasteiger partial charge is 0.323 e. The highest BCUT2D eigenvalue weighted by molar-refractivity contribution is 5.99. The maximum Gasteiger partial charge on any atom is 0.323 e. The predicted octanol–water partition coefficient (Wildman–Crippen LogP) is 5.95. The molecule has 172 valence electrons. The summed E-state index contributed by atoms with van der Waals surface area (Å²) >= 11 is 0. The standard InChI is InChI=1S/C28H34N4O/c1-28(2,3)23-11-15-25(16-12-23)30-27(33)29-24-13-9-22(10-14-24)21-31-17-19-32(20-18-31)26-7-5-4-6-8-26/h4-16H,17-21H2,1-3H3,(H2,29,30,33). The molecule has 0 bridgehead atoms. The summed E-state index contributed by atoms with van der Waals surface area (Å²) in [6.45, 7) is 11.6. The van der Waals surface area contributed by atoms with E-state index in [1.807, 2.05) is 24.3 Å². The largest absolute Gasteiger partial charge is 0.369 e. The van der Waals surface area contributed by atoms with Crippen LogP contribution >= 0.6 is 0 Å². The minimum Gasteiger partial charge on any atom is -0.369 e. The second-order valence-electron chi connectivity index (χ2n) is 9.70. The molecule has 1 aliphatic rings. The Kier molecular flexibility index (Phi) is 6.99. The number of nitrogens with zero attached hydrogens (tertiary/aromatic N) is 2. The minimum absolute atomic E-state index is 0.0952. The molecule has 3 aromatic carbocycles. The summed E-state index contributed by atoms with van der Waals surface area (Å²) in [6.07, 6.45) is 0. The first-order valence-electron chi connectivity index (χ1n) is 11.7. The zero-order valence-electron chi connectivity index (χ0n) is 19.8. The van der Waals surface area contributed by atoms with Gasteiger partial charge in [-0.1, -0.05) is 63.2 Å². The summed E-state index contributed by atoms with van der Waals surface area (Å²) in [4.78, 5) is 17.3. The molecule has 0 spiro atoms. The maximum absolute atomic E-state index is 12.4. The third-order valence-corrected chi connectivity index (χ3v) is 6.12. The van der Waals surface area contributed by atoms with E-state index in [9.17, 15) is 4.79 Å². The van der Waals surface area contributed by atoms with Crippen LogP contribution in [-0.2, 0) is 12.0 Å². The van der Waals surface area contributed by atoms with E-state index in [0.29, 0.717) is 0 Å². The van der Waals surface area contributed by atoms with Crippen molar-refractivity contribution in [2.24, 2.45) is 0 Å². The molecule has 0 aromatic heterocycles. The molecule has 0 atom stereocenters. The van der Waals surface area contributed by atoms with Gasteiger partial charge in [0.05, 0.1) is 0 Å². The number of urea groups is 1. The van der Waals surface area contributed by atoms with Crippen LogP contribution in [0.3, 0.4) is 0 Å². The molecule has 1 saturated heterocycles. The molecule has 1 aliphatic heterocycles. The van der Waals surface area contributed by atoms with Gasteiger partial charge in [0.15, 0.2) is 0 Å². The molecule has 2 amide bonds. The number of para-hydroxylation sites is 1. The molecule has 1 fully saturated rings. The van der Waals surface area contributed by atoms with Gasteiger partial charge in [0, 0.05) is 49.8 Å². The third kappa shape index (κ3) is 6.36. The summed E-state index contributed by atoms with van der Waals surface area (Å²) < 4.78 is 0. The van der Waals surface area contributed by atoms with Gasteiger partial charge in [-0.05, 0) is 52.9 Å². The highest BCUT2D eigenvalue weighted by atomic mass is 16.2. The number of rotatable bonds is 5. The van der Waals surface area contributed by atoms with Crippen molar-refractivity contribution in [3.8, 4) is 0 Å². The fraction of sp³-hybridized carbons (Fsp3) is 0.321. The van der Waals surface area contributed by atoms with E-state index in [2.05, 4.69) is 95.8 Å². The average Bonchev–Trinajstić information content (AvgIpc) is 2.81. The Bertz CT molecular complexity index is 1030. The van der Waals surface area contributed by atoms with Crippen molar-refractivity contribution < 1.29 is 4.79 Å². The van der Waals surface area contributed by atoms with Gasteiger partial charge in [-0.2, -0.15) is 0 Å². The Hall–Kier alpha value is -3.31. The molecule has 0 saturated carbocycles. The molecular formula is C28H34N4O. The molecular weight excluding hydrogens is 408 g/mol. The van der Waals surface area contributed by atoms with Crippen molar-refractivity contribution in [3.63, 3.8) is 0 Å². The molecule has 5 nitrogen and oxygen atoms in total. The summed E-state index contributed by atoms with van der Waals surface area (Å²) in [5.41, 5.74) is 5.47. The highest BCUT2D eigenvalue weighted by Crippen LogP contribution is 2.23. The Morgan fingerprint density at radius 2 is 1.30 bits per heavy atom. The van der Waals surface area contributed by atoms with E-state index < -0.39 is 0 Å². The molecule has 2 N–H and O–H groups in total. The summed E-state index contributed by atoms with van der Waals surface area (Å²) in [7, 11) is 0. The topological polar surface area (TPSA) is 47.6 Å². The van der Waals surface area contributed by atoms with E-state index in [0.717, 1.165) is 44.1 Å². The van der Waals surface area contributed by atoms with Crippen LogP contribution < -0.4 is 15.5 Å². The number of anilines is 3. The van der Waals surface area contributed by atoms with Crippen molar-refractivity contribution in [2.75, 3.05) is 41.7 Å². The van der Waals surface area contributed by atoms with Gasteiger partial charge in [0.2, 0.25) is 0 Å². The van der Waals surface area contributed by atoms with Crippen LogP contribution in [0.2, 0.25) is 0 Å². The first-order valence-corrected chi connectivity index (χ1v) is 11.7. The number of nitrogens with one attached hydrogen (secondary N) is 2. The SMILES string of the molecule is CC(C)(C)c1ccc(NC(=O)Nc2ccc(CN3CCN(c4ccccc4)CC3)cc2)cc1. The zero-order valence-corrected chi connectivity index (χ0v) is 19.8. The van der Waals surface area contributed by atoms with E-state index in [-0.39, 0.29) is 11.4 Å². The zero-order chi connectivity index (χ0) is 23.3. The van der Waals surface area contributed by atoms with Crippen LogP contribution in [0.5, 0.6) is 0 Å². The van der Waals surface area contributed by atoms with Gasteiger partial charge >= 0.3 is 6.03 Å². The lowest BCUT2D eigenvalue weighted by Crippen LogP contribution is -2.45. The Balaban J connectivity index is 1.24. The van der Waals surface area contributed by atoms with Crippen LogP contribution in [0.15, 0.2) is 78.9 Å². The normalized spacial score (nSPS) is 14.7. The molecule has 4 rings (SSSR count). The summed E-state index contributed by atoms with van der Waals surface area (Å²) in [6, 6.07) is 26.5. The first kappa shape index (κ1) is 22.9. The molecule has 0 radical (unpaired) electrons. The second-order valence-corrected chi connectivity index (χ2v) is 9.70. The van der Waals surface area contributed by atoms with Crippen molar-refractivity contribution in [3.05, 3.63) is 90.0 Å². The van der Waals surface area contributed by atoms with Gasteiger partial charge in [0.1, 0.15) is 0 Å². The lowest BCUT2D eigenvalue weighted by molar-refractivity contribution is 0.250. The lowest BCUT2D eigenvalue weighted by atomic mass is 9.87. The van der Waals surface area contributed by atoms with Gasteiger partial charge in [-0.3, -0.25) is 4.90 Å². The summed E-state index contributed by atoms with van der Waals surface area (Å²) in [5.74, 6) is 0.